The Labute approximate surface area is 148 Å². The molecule has 0 unspecified atom stereocenters. The summed E-state index contributed by atoms with van der Waals surface area (Å²) in [6.07, 6.45) is 0.130. The molecule has 0 saturated carbocycles. The minimum atomic E-state index is -1.09. The summed E-state index contributed by atoms with van der Waals surface area (Å²) in [6.45, 7) is 0.225. The molecule has 8 heteroatoms. The summed E-state index contributed by atoms with van der Waals surface area (Å²) in [5.41, 5.74) is 7.62. The Hall–Kier alpha value is -3.26. The lowest BCUT2D eigenvalue weighted by atomic mass is 10.1. The van der Waals surface area contributed by atoms with Gasteiger partial charge in [-0.25, -0.2) is 14.8 Å². The van der Waals surface area contributed by atoms with Gasteiger partial charge < -0.3 is 20.3 Å². The monoisotopic (exact) mass is 355 g/mol. The van der Waals surface area contributed by atoms with E-state index in [1.807, 2.05) is 0 Å². The standard InChI is InChI=1S/C18H17N3O5/c1-25-13-6-5-10(9-26-14(22)7-8-19)15-17(13)21-16-11(18(23)24)3-2-4-12(16)20-15/h2-6H,7-9,19H2,1H3,(H,23,24). The average molecular weight is 355 g/mol. The van der Waals surface area contributed by atoms with Crippen molar-refractivity contribution in [2.24, 2.45) is 5.73 Å². The zero-order valence-corrected chi connectivity index (χ0v) is 14.1. The molecule has 0 radical (unpaired) electrons. The van der Waals surface area contributed by atoms with Crippen molar-refractivity contribution in [2.75, 3.05) is 13.7 Å². The van der Waals surface area contributed by atoms with Gasteiger partial charge in [0.15, 0.2) is 0 Å². The molecule has 1 aromatic heterocycles. The van der Waals surface area contributed by atoms with E-state index < -0.39 is 11.9 Å². The van der Waals surface area contributed by atoms with Crippen molar-refractivity contribution in [3.63, 3.8) is 0 Å². The molecule has 26 heavy (non-hydrogen) atoms. The van der Waals surface area contributed by atoms with Crippen molar-refractivity contribution in [3.05, 3.63) is 41.5 Å². The lowest BCUT2D eigenvalue weighted by Crippen LogP contribution is -2.11. The van der Waals surface area contributed by atoms with Crippen LogP contribution in [0.15, 0.2) is 30.3 Å². The number of rotatable bonds is 6. The average Bonchev–Trinajstić information content (AvgIpc) is 2.64. The summed E-state index contributed by atoms with van der Waals surface area (Å²) in [5, 5.41) is 9.37. The maximum Gasteiger partial charge on any atom is 0.337 e. The van der Waals surface area contributed by atoms with Crippen LogP contribution in [0.3, 0.4) is 0 Å². The number of carbonyl (C=O) groups excluding carboxylic acids is 1. The number of carboxylic acids is 1. The Bertz CT molecular complexity index is 1000. The van der Waals surface area contributed by atoms with E-state index in [0.717, 1.165) is 0 Å². The summed E-state index contributed by atoms with van der Waals surface area (Å²) in [6, 6.07) is 8.16. The molecule has 0 amide bonds. The molecule has 0 saturated heterocycles. The second-order valence-electron chi connectivity index (χ2n) is 5.53. The van der Waals surface area contributed by atoms with Gasteiger partial charge in [0, 0.05) is 12.1 Å². The van der Waals surface area contributed by atoms with E-state index in [-0.39, 0.29) is 30.7 Å². The second kappa shape index (κ2) is 7.32. The van der Waals surface area contributed by atoms with Gasteiger partial charge in [-0.2, -0.15) is 0 Å². The minimum Gasteiger partial charge on any atom is -0.494 e. The zero-order chi connectivity index (χ0) is 18.7. The lowest BCUT2D eigenvalue weighted by Gasteiger charge is -2.11. The number of aromatic nitrogens is 2. The summed E-state index contributed by atoms with van der Waals surface area (Å²) in [7, 11) is 1.49. The van der Waals surface area contributed by atoms with E-state index in [9.17, 15) is 14.7 Å². The van der Waals surface area contributed by atoms with Crippen molar-refractivity contribution in [3.8, 4) is 5.75 Å². The SMILES string of the molecule is COc1ccc(COC(=O)CCN)c2nc3cccc(C(=O)O)c3nc12. The molecule has 3 rings (SSSR count). The molecule has 0 aliphatic carbocycles. The summed E-state index contributed by atoms with van der Waals surface area (Å²) >= 11 is 0. The third-order valence-electron chi connectivity index (χ3n) is 3.86. The number of hydrogen-bond acceptors (Lipinski definition) is 7. The lowest BCUT2D eigenvalue weighted by molar-refractivity contribution is -0.144. The second-order valence-corrected chi connectivity index (χ2v) is 5.53. The number of nitrogens with two attached hydrogens (primary N) is 1. The normalized spacial score (nSPS) is 10.8. The van der Waals surface area contributed by atoms with Crippen LogP contribution < -0.4 is 10.5 Å². The first-order valence-electron chi connectivity index (χ1n) is 7.90. The van der Waals surface area contributed by atoms with Gasteiger partial charge in [-0.05, 0) is 24.3 Å². The van der Waals surface area contributed by atoms with Crippen LogP contribution in [0.1, 0.15) is 22.3 Å². The third-order valence-corrected chi connectivity index (χ3v) is 3.86. The van der Waals surface area contributed by atoms with Crippen molar-refractivity contribution < 1.29 is 24.2 Å². The first-order valence-corrected chi connectivity index (χ1v) is 7.90. The Morgan fingerprint density at radius 2 is 1.92 bits per heavy atom. The number of para-hydroxylation sites is 1. The number of nitrogens with zero attached hydrogens (tertiary/aromatic N) is 2. The highest BCUT2D eigenvalue weighted by Gasteiger charge is 2.16. The Balaban J connectivity index is 2.16. The molecular formula is C18H17N3O5. The number of fused-ring (bicyclic) bond motifs is 2. The molecule has 0 aliphatic heterocycles. The van der Waals surface area contributed by atoms with E-state index in [1.54, 1.807) is 24.3 Å². The summed E-state index contributed by atoms with van der Waals surface area (Å²) < 4.78 is 10.5. The minimum absolute atomic E-state index is 0.0120. The fraction of sp³-hybridized carbons (Fsp3) is 0.222. The van der Waals surface area contributed by atoms with E-state index in [4.69, 9.17) is 15.2 Å². The topological polar surface area (TPSA) is 125 Å². The van der Waals surface area contributed by atoms with Gasteiger partial charge >= 0.3 is 11.9 Å². The third kappa shape index (κ3) is 3.27. The Morgan fingerprint density at radius 1 is 1.12 bits per heavy atom. The zero-order valence-electron chi connectivity index (χ0n) is 14.1. The van der Waals surface area contributed by atoms with Gasteiger partial charge in [0.25, 0.3) is 0 Å². The molecule has 2 aromatic carbocycles. The summed E-state index contributed by atoms with van der Waals surface area (Å²) in [5.74, 6) is -1.04. The van der Waals surface area contributed by atoms with E-state index >= 15 is 0 Å². The first kappa shape index (κ1) is 17.6. The number of benzene rings is 2. The first-order chi connectivity index (χ1) is 12.5. The number of carbonyl (C=O) groups is 2. The van der Waals surface area contributed by atoms with Crippen LogP contribution in [0.5, 0.6) is 5.75 Å². The van der Waals surface area contributed by atoms with Crippen LogP contribution in [0.2, 0.25) is 0 Å². The molecule has 3 aromatic rings. The van der Waals surface area contributed by atoms with Crippen LogP contribution in [-0.2, 0) is 16.1 Å². The molecule has 1 heterocycles. The molecule has 0 spiro atoms. The van der Waals surface area contributed by atoms with Crippen LogP contribution in [-0.4, -0.2) is 40.7 Å². The van der Waals surface area contributed by atoms with Crippen molar-refractivity contribution >= 4 is 34.0 Å². The Morgan fingerprint density at radius 3 is 2.62 bits per heavy atom. The van der Waals surface area contributed by atoms with E-state index in [1.165, 1.54) is 13.2 Å². The summed E-state index contributed by atoms with van der Waals surface area (Å²) in [4.78, 5) is 32.0. The molecule has 8 nitrogen and oxygen atoms in total. The smallest absolute Gasteiger partial charge is 0.337 e. The molecule has 134 valence electrons. The van der Waals surface area contributed by atoms with Crippen molar-refractivity contribution in [1.82, 2.24) is 9.97 Å². The highest BCUT2D eigenvalue weighted by Crippen LogP contribution is 2.29. The number of carboxylic acid groups (broad SMARTS) is 1. The van der Waals surface area contributed by atoms with Crippen molar-refractivity contribution in [1.29, 1.82) is 0 Å². The fourth-order valence-electron chi connectivity index (χ4n) is 2.61. The van der Waals surface area contributed by atoms with Gasteiger partial charge in [-0.15, -0.1) is 0 Å². The van der Waals surface area contributed by atoms with Crippen LogP contribution in [0.4, 0.5) is 0 Å². The number of methoxy groups -OCH3 is 1. The predicted molar refractivity (Wildman–Crippen MR) is 94.0 cm³/mol. The fourth-order valence-corrected chi connectivity index (χ4v) is 2.61. The van der Waals surface area contributed by atoms with Crippen molar-refractivity contribution in [2.45, 2.75) is 13.0 Å². The van der Waals surface area contributed by atoms with Gasteiger partial charge in [0.2, 0.25) is 0 Å². The van der Waals surface area contributed by atoms with Gasteiger partial charge in [-0.3, -0.25) is 4.79 Å². The van der Waals surface area contributed by atoms with Gasteiger partial charge in [0.05, 0.1) is 30.1 Å². The number of esters is 1. The van der Waals surface area contributed by atoms with Crippen LogP contribution >= 0.6 is 0 Å². The predicted octanol–water partition coefficient (Wildman–Crippen LogP) is 1.88. The highest BCUT2D eigenvalue weighted by atomic mass is 16.5. The number of ether oxygens (including phenoxy) is 2. The van der Waals surface area contributed by atoms with E-state index in [0.29, 0.717) is 27.9 Å². The molecular weight excluding hydrogens is 338 g/mol. The van der Waals surface area contributed by atoms with Gasteiger partial charge in [0.1, 0.15) is 23.4 Å². The van der Waals surface area contributed by atoms with Gasteiger partial charge in [-0.1, -0.05) is 6.07 Å². The van der Waals surface area contributed by atoms with Crippen LogP contribution in [0.25, 0.3) is 22.1 Å². The maximum atomic E-state index is 11.6. The number of hydrogen-bond donors (Lipinski definition) is 2. The molecule has 3 N–H and O–H groups in total. The molecule has 0 fully saturated rings. The maximum absolute atomic E-state index is 11.6. The molecule has 0 bridgehead atoms. The highest BCUT2D eigenvalue weighted by molar-refractivity contribution is 6.03. The quantitative estimate of drug-likeness (QED) is 0.507. The van der Waals surface area contributed by atoms with Crippen LogP contribution in [0, 0.1) is 0 Å². The molecule has 0 aliphatic rings. The number of aromatic carboxylic acids is 1. The largest absolute Gasteiger partial charge is 0.494 e. The Kier molecular flexibility index (Phi) is 4.94. The van der Waals surface area contributed by atoms with E-state index in [2.05, 4.69) is 9.97 Å². The molecule has 0 atom stereocenters.